The topological polar surface area (TPSA) is 88.4 Å². The van der Waals surface area contributed by atoms with Gasteiger partial charge in [-0.2, -0.15) is 5.26 Å². The second-order valence-electron chi connectivity index (χ2n) is 8.49. The Morgan fingerprint density at radius 2 is 1.67 bits per heavy atom. The van der Waals surface area contributed by atoms with Crippen LogP contribution in [-0.2, 0) is 20.9 Å². The third-order valence-electron chi connectivity index (χ3n) is 5.16. The summed E-state index contributed by atoms with van der Waals surface area (Å²) in [6.45, 7) is 5.49. The smallest absolute Gasteiger partial charge is 0.338 e. The molecular weight excluding hydrogens is 416 g/mol. The van der Waals surface area contributed by atoms with Crippen LogP contribution in [0.4, 0.5) is 0 Å². The van der Waals surface area contributed by atoms with Crippen LogP contribution in [-0.4, -0.2) is 23.7 Å². The molecule has 0 radical (unpaired) electrons. The van der Waals surface area contributed by atoms with E-state index in [9.17, 15) is 14.9 Å². The molecule has 3 aromatic carbocycles. The van der Waals surface area contributed by atoms with Crippen molar-refractivity contribution in [3.05, 3.63) is 83.9 Å². The minimum atomic E-state index is -1.57. The first-order valence-corrected chi connectivity index (χ1v) is 10.9. The van der Waals surface area contributed by atoms with E-state index in [1.165, 1.54) is 6.92 Å². The predicted octanol–water partition coefficient (Wildman–Crippen LogP) is 4.98. The molecule has 2 atom stereocenters. The quantitative estimate of drug-likeness (QED) is 0.371. The minimum Gasteiger partial charge on any atom is -0.449 e. The predicted molar refractivity (Wildman–Crippen MR) is 126 cm³/mol. The van der Waals surface area contributed by atoms with Crippen LogP contribution in [0.2, 0.25) is 0 Å². The summed E-state index contributed by atoms with van der Waals surface area (Å²) in [6.07, 6.45) is -0.747. The number of carbonyl (C=O) groups excluding carboxylic acids is 2. The molecule has 0 saturated carbocycles. The van der Waals surface area contributed by atoms with Crippen molar-refractivity contribution in [2.24, 2.45) is 5.92 Å². The normalized spacial score (nSPS) is 13.7. The van der Waals surface area contributed by atoms with Crippen LogP contribution in [0.25, 0.3) is 10.8 Å². The highest BCUT2D eigenvalue weighted by Crippen LogP contribution is 2.19. The second-order valence-corrected chi connectivity index (χ2v) is 8.49. The number of esters is 1. The van der Waals surface area contributed by atoms with Gasteiger partial charge in [-0.3, -0.25) is 4.79 Å². The Labute approximate surface area is 194 Å². The average Bonchev–Trinajstić information content (AvgIpc) is 2.82. The number of benzene rings is 3. The number of ether oxygens (including phenoxy) is 2. The number of fused-ring (bicyclic) bond motifs is 1. The van der Waals surface area contributed by atoms with Gasteiger partial charge in [0.2, 0.25) is 5.72 Å². The molecule has 0 bridgehead atoms. The molecule has 0 heterocycles. The van der Waals surface area contributed by atoms with Gasteiger partial charge in [0.15, 0.2) is 6.10 Å². The summed E-state index contributed by atoms with van der Waals surface area (Å²) in [5.74, 6) is -1.08. The Morgan fingerprint density at radius 1 is 1.00 bits per heavy atom. The van der Waals surface area contributed by atoms with Crippen molar-refractivity contribution in [1.29, 1.82) is 5.26 Å². The van der Waals surface area contributed by atoms with E-state index < -0.39 is 23.7 Å². The Balaban J connectivity index is 1.71. The highest BCUT2D eigenvalue weighted by atomic mass is 16.6. The molecule has 6 heteroatoms. The number of rotatable bonds is 9. The molecule has 0 spiro atoms. The van der Waals surface area contributed by atoms with Crippen LogP contribution in [0.1, 0.15) is 43.1 Å². The molecule has 0 saturated heterocycles. The molecule has 2 unspecified atom stereocenters. The van der Waals surface area contributed by atoms with E-state index in [-0.39, 0.29) is 12.5 Å². The van der Waals surface area contributed by atoms with Gasteiger partial charge in [0.25, 0.3) is 5.91 Å². The van der Waals surface area contributed by atoms with Crippen molar-refractivity contribution in [2.45, 2.75) is 45.6 Å². The Hall–Kier alpha value is -3.69. The molecule has 33 heavy (non-hydrogen) atoms. The van der Waals surface area contributed by atoms with E-state index in [0.29, 0.717) is 12.0 Å². The van der Waals surface area contributed by atoms with Crippen LogP contribution in [0, 0.1) is 17.2 Å². The van der Waals surface area contributed by atoms with E-state index in [1.807, 2.05) is 80.6 Å². The summed E-state index contributed by atoms with van der Waals surface area (Å²) in [6, 6.07) is 24.3. The van der Waals surface area contributed by atoms with Crippen LogP contribution in [0.3, 0.4) is 0 Å². The van der Waals surface area contributed by atoms with Crippen LogP contribution >= 0.6 is 0 Å². The third kappa shape index (κ3) is 6.64. The van der Waals surface area contributed by atoms with Crippen LogP contribution in [0.15, 0.2) is 72.8 Å². The summed E-state index contributed by atoms with van der Waals surface area (Å²) < 4.78 is 11.3. The molecule has 0 aromatic heterocycles. The standard InChI is InChI=1S/C27H28N2O4/c1-19(2)15-24(33-26(31)23-14-13-21-11-7-8-12-22(21)16-23)25(30)29-27(3,18-28)32-17-20-9-5-4-6-10-20/h4-14,16,19,24H,15,17H2,1-3H3,(H,29,30). The summed E-state index contributed by atoms with van der Waals surface area (Å²) in [5, 5.41) is 14.2. The lowest BCUT2D eigenvalue weighted by Crippen LogP contribution is -2.51. The summed E-state index contributed by atoms with van der Waals surface area (Å²) in [4.78, 5) is 25.9. The van der Waals surface area contributed by atoms with Gasteiger partial charge in [-0.15, -0.1) is 0 Å². The molecule has 3 aromatic rings. The maximum atomic E-state index is 13.0. The molecule has 170 valence electrons. The van der Waals surface area contributed by atoms with Crippen LogP contribution in [0.5, 0.6) is 0 Å². The van der Waals surface area contributed by atoms with E-state index in [2.05, 4.69) is 5.32 Å². The number of nitriles is 1. The van der Waals surface area contributed by atoms with E-state index in [0.717, 1.165) is 16.3 Å². The SMILES string of the molecule is CC(C)CC(OC(=O)c1ccc2ccccc2c1)C(=O)NC(C)(C#N)OCc1ccccc1. The maximum Gasteiger partial charge on any atom is 0.338 e. The zero-order valence-corrected chi connectivity index (χ0v) is 19.1. The summed E-state index contributed by atoms with van der Waals surface area (Å²) in [5.41, 5.74) is -0.342. The summed E-state index contributed by atoms with van der Waals surface area (Å²) in [7, 11) is 0. The van der Waals surface area contributed by atoms with Crippen LogP contribution < -0.4 is 5.32 Å². The first-order chi connectivity index (χ1) is 15.8. The number of amides is 1. The molecular formula is C27H28N2O4. The number of carbonyl (C=O) groups is 2. The first-order valence-electron chi connectivity index (χ1n) is 10.9. The Morgan fingerprint density at radius 3 is 2.33 bits per heavy atom. The number of nitrogens with zero attached hydrogens (tertiary/aromatic N) is 1. The number of hydrogen-bond acceptors (Lipinski definition) is 5. The molecule has 0 fully saturated rings. The van der Waals surface area contributed by atoms with Crippen molar-refractivity contribution in [3.63, 3.8) is 0 Å². The van der Waals surface area contributed by atoms with Gasteiger partial charge < -0.3 is 14.8 Å². The Kier molecular flexibility index (Phi) is 7.81. The van der Waals surface area contributed by atoms with Crippen molar-refractivity contribution < 1.29 is 19.1 Å². The monoisotopic (exact) mass is 444 g/mol. The highest BCUT2D eigenvalue weighted by Gasteiger charge is 2.33. The van der Waals surface area contributed by atoms with Crippen molar-refractivity contribution >= 4 is 22.6 Å². The van der Waals surface area contributed by atoms with Crippen molar-refractivity contribution in [1.82, 2.24) is 5.32 Å². The van der Waals surface area contributed by atoms with Gasteiger partial charge in [-0.05, 0) is 47.7 Å². The van der Waals surface area contributed by atoms with Gasteiger partial charge in [0, 0.05) is 0 Å². The molecule has 1 N–H and O–H groups in total. The van der Waals surface area contributed by atoms with E-state index >= 15 is 0 Å². The first kappa shape index (κ1) is 24.0. The van der Waals surface area contributed by atoms with Gasteiger partial charge >= 0.3 is 5.97 Å². The third-order valence-corrected chi connectivity index (χ3v) is 5.16. The number of hydrogen-bond donors (Lipinski definition) is 1. The molecule has 0 aliphatic heterocycles. The lowest BCUT2D eigenvalue weighted by atomic mass is 10.0. The molecule has 3 rings (SSSR count). The maximum absolute atomic E-state index is 13.0. The lowest BCUT2D eigenvalue weighted by Gasteiger charge is -2.27. The largest absolute Gasteiger partial charge is 0.449 e. The van der Waals surface area contributed by atoms with E-state index in [1.54, 1.807) is 12.1 Å². The van der Waals surface area contributed by atoms with Crippen molar-refractivity contribution in [2.75, 3.05) is 0 Å². The summed E-state index contributed by atoms with van der Waals surface area (Å²) >= 11 is 0. The Bertz CT molecular complexity index is 1150. The van der Waals surface area contributed by atoms with Gasteiger partial charge in [0.1, 0.15) is 6.07 Å². The average molecular weight is 445 g/mol. The molecule has 0 aliphatic carbocycles. The minimum absolute atomic E-state index is 0.0868. The van der Waals surface area contributed by atoms with Gasteiger partial charge in [-0.1, -0.05) is 74.5 Å². The lowest BCUT2D eigenvalue weighted by molar-refractivity contribution is -0.138. The zero-order valence-electron chi connectivity index (χ0n) is 19.1. The molecule has 6 nitrogen and oxygen atoms in total. The van der Waals surface area contributed by atoms with Gasteiger partial charge in [-0.25, -0.2) is 4.79 Å². The zero-order chi connectivity index (χ0) is 23.8. The fourth-order valence-corrected chi connectivity index (χ4v) is 3.36. The fourth-order valence-electron chi connectivity index (χ4n) is 3.36. The number of nitrogens with one attached hydrogen (secondary N) is 1. The second kappa shape index (κ2) is 10.8. The fraction of sp³-hybridized carbons (Fsp3) is 0.296. The molecule has 0 aliphatic rings. The molecule has 1 amide bonds. The van der Waals surface area contributed by atoms with Crippen molar-refractivity contribution in [3.8, 4) is 6.07 Å². The van der Waals surface area contributed by atoms with E-state index in [4.69, 9.17) is 9.47 Å². The highest BCUT2D eigenvalue weighted by molar-refractivity contribution is 5.96. The van der Waals surface area contributed by atoms with Gasteiger partial charge in [0.05, 0.1) is 12.2 Å².